The molecule has 6 nitrogen and oxygen atoms in total. The number of rotatable bonds is 5. The molecule has 0 amide bonds. The van der Waals surface area contributed by atoms with E-state index in [4.69, 9.17) is 0 Å². The van der Waals surface area contributed by atoms with Crippen molar-refractivity contribution in [2.45, 2.75) is 78.6 Å². The number of anilines is 1. The van der Waals surface area contributed by atoms with Crippen molar-refractivity contribution in [1.29, 1.82) is 0 Å². The third kappa shape index (κ3) is 3.73. The monoisotopic (exact) mass is 391 g/mol. The number of hydrogen-bond donors (Lipinski definition) is 1. The molecule has 4 atom stereocenters. The van der Waals surface area contributed by atoms with E-state index in [-0.39, 0.29) is 11.2 Å². The van der Waals surface area contributed by atoms with Gasteiger partial charge in [0.25, 0.3) is 10.8 Å². The Morgan fingerprint density at radius 1 is 0.893 bits per heavy atom. The number of nitrogens with zero attached hydrogens (tertiary/aromatic N) is 4. The Balaban J connectivity index is 1.83. The Hall–Kier alpha value is -1.40. The predicted molar refractivity (Wildman–Crippen MR) is 116 cm³/mol. The molecule has 1 aromatic carbocycles. The SMILES string of the molecule is CCCN1C(C)CN(c2c(O)c(=[N+]3CC(C)N(CCC)C(C)C3)c2=O)CC1C. The first kappa shape index (κ1) is 21.3. The molecule has 2 heterocycles. The van der Waals surface area contributed by atoms with Crippen molar-refractivity contribution < 1.29 is 5.11 Å². The van der Waals surface area contributed by atoms with Crippen molar-refractivity contribution in [2.24, 2.45) is 0 Å². The third-order valence-corrected chi connectivity index (χ3v) is 6.68. The molecule has 0 aromatic heterocycles. The summed E-state index contributed by atoms with van der Waals surface area (Å²) in [7, 11) is 0. The van der Waals surface area contributed by atoms with Gasteiger partial charge in [-0.2, -0.15) is 0 Å². The van der Waals surface area contributed by atoms with Gasteiger partial charge in [0.15, 0.2) is 13.1 Å². The van der Waals surface area contributed by atoms with Gasteiger partial charge in [-0.3, -0.25) is 14.6 Å². The maximum atomic E-state index is 13.0. The zero-order chi connectivity index (χ0) is 20.6. The van der Waals surface area contributed by atoms with Crippen LogP contribution >= 0.6 is 0 Å². The number of aromatic hydroxyl groups is 1. The summed E-state index contributed by atoms with van der Waals surface area (Å²) in [5, 5.41) is 11.4. The highest BCUT2D eigenvalue weighted by atomic mass is 16.3. The van der Waals surface area contributed by atoms with Crippen LogP contribution in [-0.4, -0.2) is 78.3 Å². The van der Waals surface area contributed by atoms with E-state index in [0.717, 1.165) is 52.1 Å². The van der Waals surface area contributed by atoms with Crippen LogP contribution in [0.4, 0.5) is 5.69 Å². The second-order valence-corrected chi connectivity index (χ2v) is 9.06. The lowest BCUT2D eigenvalue weighted by atomic mass is 10.0. The molecular weight excluding hydrogens is 352 g/mol. The molecule has 2 aliphatic rings. The Bertz CT molecular complexity index is 741. The zero-order valence-corrected chi connectivity index (χ0v) is 18.6. The van der Waals surface area contributed by atoms with E-state index in [0.29, 0.717) is 35.2 Å². The summed E-state index contributed by atoms with van der Waals surface area (Å²) < 4.78 is 2.11. The topological polar surface area (TPSA) is 50.0 Å². The molecule has 0 radical (unpaired) electrons. The fraction of sp³-hybridized carbons (Fsp3) is 0.818. The normalized spacial score (nSPS) is 30.4. The van der Waals surface area contributed by atoms with Crippen molar-refractivity contribution in [3.63, 3.8) is 0 Å². The summed E-state index contributed by atoms with van der Waals surface area (Å²) >= 11 is 0. The average Bonchev–Trinajstić information content (AvgIpc) is 2.61. The van der Waals surface area contributed by atoms with Gasteiger partial charge in [0.2, 0.25) is 5.75 Å². The van der Waals surface area contributed by atoms with Gasteiger partial charge >= 0.3 is 0 Å². The van der Waals surface area contributed by atoms with Crippen molar-refractivity contribution in [3.8, 4) is 5.75 Å². The van der Waals surface area contributed by atoms with Crippen LogP contribution in [0.15, 0.2) is 4.79 Å². The van der Waals surface area contributed by atoms with E-state index >= 15 is 0 Å². The van der Waals surface area contributed by atoms with E-state index in [9.17, 15) is 9.90 Å². The van der Waals surface area contributed by atoms with Gasteiger partial charge in [0.1, 0.15) is 5.69 Å². The Morgan fingerprint density at radius 2 is 1.36 bits per heavy atom. The maximum absolute atomic E-state index is 13.0. The van der Waals surface area contributed by atoms with Crippen LogP contribution in [0.2, 0.25) is 0 Å². The molecule has 1 aromatic rings. The van der Waals surface area contributed by atoms with Crippen LogP contribution in [-0.2, 0) is 0 Å². The third-order valence-electron chi connectivity index (χ3n) is 6.68. The summed E-state index contributed by atoms with van der Waals surface area (Å²) in [5.41, 5.74) is 0.574. The molecule has 0 spiro atoms. The van der Waals surface area contributed by atoms with E-state index in [2.05, 4.69) is 60.8 Å². The minimum atomic E-state index is 0.0317. The molecular formula is C22H39N4O2+. The van der Waals surface area contributed by atoms with Crippen LogP contribution in [0.5, 0.6) is 5.75 Å². The highest BCUT2D eigenvalue weighted by molar-refractivity contribution is 5.63. The van der Waals surface area contributed by atoms with Gasteiger partial charge in [-0.15, -0.1) is 0 Å². The molecule has 0 saturated carbocycles. The van der Waals surface area contributed by atoms with Crippen molar-refractivity contribution >= 4 is 5.69 Å². The molecule has 3 rings (SSSR count). The standard InChI is InChI=1S/C22H38N4O2/c1-7-9-25-15(3)11-23(12-16(25)4)19-21(27)20(22(19)28)24-13-17(5)26(10-8-2)18(6)14-24/h15-18H,7-14H2,1-6H3/p+1. The molecule has 4 unspecified atom stereocenters. The smallest absolute Gasteiger partial charge is 0.294 e. The molecule has 28 heavy (non-hydrogen) atoms. The molecule has 1 N–H and O–H groups in total. The van der Waals surface area contributed by atoms with Gasteiger partial charge in [-0.05, 0) is 53.6 Å². The van der Waals surface area contributed by atoms with Crippen molar-refractivity contribution in [3.05, 3.63) is 15.6 Å². The Labute approximate surface area is 169 Å². The van der Waals surface area contributed by atoms with E-state index in [1.165, 1.54) is 0 Å². The minimum absolute atomic E-state index is 0.0317. The first-order chi connectivity index (χ1) is 13.3. The number of piperazine rings is 2. The lowest BCUT2D eigenvalue weighted by molar-refractivity contribution is 0.102. The fourth-order valence-electron chi connectivity index (χ4n) is 5.44. The minimum Gasteiger partial charge on any atom is -0.501 e. The Kier molecular flexibility index (Phi) is 6.50. The maximum Gasteiger partial charge on any atom is 0.294 e. The lowest BCUT2D eigenvalue weighted by Crippen LogP contribution is -2.62. The van der Waals surface area contributed by atoms with E-state index < -0.39 is 0 Å². The lowest BCUT2D eigenvalue weighted by Gasteiger charge is -2.45. The van der Waals surface area contributed by atoms with Crippen LogP contribution in [0.25, 0.3) is 0 Å². The summed E-state index contributed by atoms with van der Waals surface area (Å²) in [4.78, 5) is 20.2. The summed E-state index contributed by atoms with van der Waals surface area (Å²) in [5.74, 6) is 0.219. The van der Waals surface area contributed by atoms with Gasteiger partial charge in [0.05, 0.1) is 12.1 Å². The number of hydrogen-bond acceptors (Lipinski definition) is 5. The van der Waals surface area contributed by atoms with Crippen LogP contribution in [0, 0.1) is 0 Å². The van der Waals surface area contributed by atoms with Crippen molar-refractivity contribution in [1.82, 2.24) is 14.4 Å². The highest BCUT2D eigenvalue weighted by Crippen LogP contribution is 2.26. The Morgan fingerprint density at radius 3 is 1.79 bits per heavy atom. The molecule has 6 heteroatoms. The van der Waals surface area contributed by atoms with E-state index in [1.807, 2.05) is 0 Å². The first-order valence-corrected chi connectivity index (χ1v) is 11.2. The molecule has 2 saturated heterocycles. The van der Waals surface area contributed by atoms with Gasteiger partial charge in [-0.25, -0.2) is 4.58 Å². The molecule has 0 bridgehead atoms. The molecule has 0 aliphatic carbocycles. The van der Waals surface area contributed by atoms with Crippen LogP contribution in [0.1, 0.15) is 54.4 Å². The summed E-state index contributed by atoms with van der Waals surface area (Å²) in [6, 6.07) is 1.55. The molecule has 158 valence electrons. The van der Waals surface area contributed by atoms with Gasteiger partial charge in [-0.1, -0.05) is 13.8 Å². The predicted octanol–water partition coefficient (Wildman–Crippen LogP) is 1.21. The van der Waals surface area contributed by atoms with E-state index in [1.54, 1.807) is 0 Å². The summed E-state index contributed by atoms with van der Waals surface area (Å²) in [6.07, 6.45) is 2.28. The van der Waals surface area contributed by atoms with Crippen LogP contribution in [0.3, 0.4) is 0 Å². The van der Waals surface area contributed by atoms with Gasteiger partial charge in [0, 0.05) is 25.2 Å². The van der Waals surface area contributed by atoms with Crippen molar-refractivity contribution in [2.75, 3.05) is 44.2 Å². The average molecular weight is 392 g/mol. The quantitative estimate of drug-likeness (QED) is 0.765. The summed E-state index contributed by atoms with van der Waals surface area (Å²) in [6.45, 7) is 18.7. The fourth-order valence-corrected chi connectivity index (χ4v) is 5.44. The zero-order valence-electron chi connectivity index (χ0n) is 18.6. The second kappa shape index (κ2) is 8.54. The molecule has 2 fully saturated rings. The van der Waals surface area contributed by atoms with Crippen LogP contribution < -0.4 is 20.3 Å². The van der Waals surface area contributed by atoms with Gasteiger partial charge < -0.3 is 10.0 Å². The first-order valence-electron chi connectivity index (χ1n) is 11.2. The second-order valence-electron chi connectivity index (χ2n) is 9.06. The largest absolute Gasteiger partial charge is 0.501 e. The highest BCUT2D eigenvalue weighted by Gasteiger charge is 2.39. The molecule has 2 aliphatic heterocycles.